The number of aliphatic hydroxyl groups excluding tert-OH is 1. The molecule has 1 fully saturated rings. The van der Waals surface area contributed by atoms with Crippen molar-refractivity contribution in [1.82, 2.24) is 4.90 Å². The van der Waals surface area contributed by atoms with Gasteiger partial charge in [-0.05, 0) is 42.3 Å². The minimum absolute atomic E-state index is 0.0633. The maximum atomic E-state index is 13.2. The molecule has 1 amide bonds. The number of ether oxygens (including phenoxy) is 2. The summed E-state index contributed by atoms with van der Waals surface area (Å²) in [4.78, 5) is 27.8. The summed E-state index contributed by atoms with van der Waals surface area (Å²) in [6, 6.07) is 22.7. The zero-order valence-corrected chi connectivity index (χ0v) is 18.5. The number of methoxy groups -OCH3 is 1. The van der Waals surface area contributed by atoms with Crippen LogP contribution in [0.4, 0.5) is 0 Å². The molecule has 1 aliphatic rings. The van der Waals surface area contributed by atoms with Crippen molar-refractivity contribution in [2.75, 3.05) is 13.7 Å². The van der Waals surface area contributed by atoms with Crippen molar-refractivity contribution in [3.05, 3.63) is 101 Å². The van der Waals surface area contributed by atoms with Gasteiger partial charge in [-0.15, -0.1) is 0 Å². The van der Waals surface area contributed by atoms with Crippen molar-refractivity contribution in [1.29, 1.82) is 0 Å². The van der Waals surface area contributed by atoms with Gasteiger partial charge < -0.3 is 19.5 Å². The molecule has 6 nitrogen and oxygen atoms in total. The fourth-order valence-electron chi connectivity index (χ4n) is 4.01. The fraction of sp³-hybridized carbons (Fsp3) is 0.185. The number of likely N-dealkylation sites (tertiary alicyclic amines) is 1. The summed E-state index contributed by atoms with van der Waals surface area (Å²) in [5, 5.41) is 11.2. The topological polar surface area (TPSA) is 76.1 Å². The van der Waals surface area contributed by atoms with Crippen LogP contribution in [0.5, 0.6) is 11.5 Å². The molecule has 3 aromatic rings. The van der Waals surface area contributed by atoms with Gasteiger partial charge in [0.1, 0.15) is 17.3 Å². The van der Waals surface area contributed by atoms with Gasteiger partial charge in [0.05, 0.1) is 25.3 Å². The minimum atomic E-state index is -0.718. The van der Waals surface area contributed by atoms with E-state index in [-0.39, 0.29) is 17.9 Å². The monoisotopic (exact) mass is 443 g/mol. The van der Waals surface area contributed by atoms with Crippen LogP contribution in [0.1, 0.15) is 29.7 Å². The number of hydrogen-bond acceptors (Lipinski definition) is 5. The number of ketones is 1. The van der Waals surface area contributed by atoms with Crippen LogP contribution in [-0.2, 0) is 16.1 Å². The zero-order valence-electron chi connectivity index (χ0n) is 18.5. The highest BCUT2D eigenvalue weighted by Crippen LogP contribution is 2.40. The lowest BCUT2D eigenvalue weighted by molar-refractivity contribution is -0.140. The third-order valence-electron chi connectivity index (χ3n) is 5.59. The van der Waals surface area contributed by atoms with E-state index < -0.39 is 17.7 Å². The Bertz CT molecular complexity index is 1180. The van der Waals surface area contributed by atoms with Crippen LogP contribution in [0.15, 0.2) is 84.4 Å². The van der Waals surface area contributed by atoms with E-state index in [0.29, 0.717) is 23.7 Å². The van der Waals surface area contributed by atoms with Crippen molar-refractivity contribution < 1.29 is 24.2 Å². The summed E-state index contributed by atoms with van der Waals surface area (Å²) >= 11 is 0. The predicted molar refractivity (Wildman–Crippen MR) is 125 cm³/mol. The molecule has 0 bridgehead atoms. The van der Waals surface area contributed by atoms with E-state index in [0.717, 1.165) is 11.1 Å². The number of benzene rings is 3. The number of carbonyl (C=O) groups excluding carboxylic acids is 2. The van der Waals surface area contributed by atoms with Crippen molar-refractivity contribution >= 4 is 17.4 Å². The molecule has 1 aliphatic heterocycles. The van der Waals surface area contributed by atoms with Crippen LogP contribution in [0, 0.1) is 0 Å². The molecule has 3 aromatic carbocycles. The van der Waals surface area contributed by atoms with Crippen LogP contribution < -0.4 is 9.47 Å². The van der Waals surface area contributed by atoms with Gasteiger partial charge in [0, 0.05) is 12.1 Å². The lowest BCUT2D eigenvalue weighted by atomic mass is 9.95. The Morgan fingerprint density at radius 1 is 0.939 bits per heavy atom. The van der Waals surface area contributed by atoms with Crippen LogP contribution in [0.3, 0.4) is 0 Å². The maximum absolute atomic E-state index is 13.2. The molecule has 168 valence electrons. The summed E-state index contributed by atoms with van der Waals surface area (Å²) in [6.45, 7) is 2.55. The van der Waals surface area contributed by atoms with Crippen LogP contribution >= 0.6 is 0 Å². The summed E-state index contributed by atoms with van der Waals surface area (Å²) in [6.07, 6.45) is 0. The van der Waals surface area contributed by atoms with E-state index in [1.165, 1.54) is 4.90 Å². The first-order valence-electron chi connectivity index (χ1n) is 10.7. The van der Waals surface area contributed by atoms with Crippen LogP contribution in [-0.4, -0.2) is 35.4 Å². The average Bonchev–Trinajstić information content (AvgIpc) is 3.10. The largest absolute Gasteiger partial charge is 0.507 e. The number of amides is 1. The molecule has 33 heavy (non-hydrogen) atoms. The quantitative estimate of drug-likeness (QED) is 0.325. The Balaban J connectivity index is 1.80. The lowest BCUT2D eigenvalue weighted by Crippen LogP contribution is -2.29. The lowest BCUT2D eigenvalue weighted by Gasteiger charge is -2.25. The molecule has 1 saturated heterocycles. The molecular weight excluding hydrogens is 418 g/mol. The molecule has 0 radical (unpaired) electrons. The molecule has 0 aliphatic carbocycles. The molecule has 0 aromatic heterocycles. The van der Waals surface area contributed by atoms with E-state index in [1.54, 1.807) is 31.4 Å². The Morgan fingerprint density at radius 2 is 1.67 bits per heavy atom. The number of nitrogens with zero attached hydrogens (tertiary/aromatic N) is 1. The minimum Gasteiger partial charge on any atom is -0.507 e. The molecule has 1 heterocycles. The second kappa shape index (κ2) is 9.61. The van der Waals surface area contributed by atoms with E-state index in [2.05, 4.69) is 0 Å². The Labute approximate surface area is 192 Å². The van der Waals surface area contributed by atoms with Crippen molar-refractivity contribution in [2.45, 2.75) is 19.5 Å². The Kier molecular flexibility index (Phi) is 6.45. The van der Waals surface area contributed by atoms with Gasteiger partial charge in [0.25, 0.3) is 11.7 Å². The summed E-state index contributed by atoms with van der Waals surface area (Å²) in [5.41, 5.74) is 2.07. The normalized spacial score (nSPS) is 17.3. The highest BCUT2D eigenvalue weighted by atomic mass is 16.5. The zero-order chi connectivity index (χ0) is 23.4. The predicted octanol–water partition coefficient (Wildman–Crippen LogP) is 4.72. The molecule has 1 unspecified atom stereocenters. The second-order valence-electron chi connectivity index (χ2n) is 7.65. The van der Waals surface area contributed by atoms with Gasteiger partial charge in [0.2, 0.25) is 0 Å². The molecule has 1 atom stereocenters. The first kappa shape index (κ1) is 22.1. The molecule has 6 heteroatoms. The number of aliphatic hydroxyl groups is 1. The van der Waals surface area contributed by atoms with E-state index in [9.17, 15) is 14.7 Å². The van der Waals surface area contributed by atoms with E-state index >= 15 is 0 Å². The third-order valence-corrected chi connectivity index (χ3v) is 5.59. The summed E-state index contributed by atoms with van der Waals surface area (Å²) in [5.74, 6) is -0.306. The molecule has 0 saturated carbocycles. The first-order valence-corrected chi connectivity index (χ1v) is 10.7. The highest BCUT2D eigenvalue weighted by molar-refractivity contribution is 6.46. The average molecular weight is 443 g/mol. The van der Waals surface area contributed by atoms with Gasteiger partial charge in [0.15, 0.2) is 0 Å². The number of hydrogen-bond donors (Lipinski definition) is 1. The third kappa shape index (κ3) is 4.46. The SMILES string of the molecule is CCOc1cccc(/C(O)=C2/C(=O)C(=O)N(Cc3ccc(OC)cc3)C2c2ccccc2)c1. The van der Waals surface area contributed by atoms with Gasteiger partial charge in [-0.2, -0.15) is 0 Å². The Morgan fingerprint density at radius 3 is 2.33 bits per heavy atom. The smallest absolute Gasteiger partial charge is 0.295 e. The van der Waals surface area contributed by atoms with E-state index in [1.807, 2.05) is 61.5 Å². The van der Waals surface area contributed by atoms with Crippen LogP contribution in [0.25, 0.3) is 5.76 Å². The summed E-state index contributed by atoms with van der Waals surface area (Å²) < 4.78 is 10.7. The maximum Gasteiger partial charge on any atom is 0.295 e. The van der Waals surface area contributed by atoms with Gasteiger partial charge in [-0.25, -0.2) is 0 Å². The highest BCUT2D eigenvalue weighted by Gasteiger charge is 2.46. The van der Waals surface area contributed by atoms with Gasteiger partial charge in [-0.3, -0.25) is 9.59 Å². The number of Topliss-reactive ketones (excluding diaryl/α,β-unsaturated/α-hetero) is 1. The first-order chi connectivity index (χ1) is 16.0. The Hall–Kier alpha value is -4.06. The molecule has 1 N–H and O–H groups in total. The molecule has 4 rings (SSSR count). The van der Waals surface area contributed by atoms with Gasteiger partial charge >= 0.3 is 0 Å². The van der Waals surface area contributed by atoms with Gasteiger partial charge in [-0.1, -0.05) is 54.6 Å². The number of rotatable bonds is 7. The standard InChI is InChI=1S/C27H25NO5/c1-3-33-22-11-7-10-20(16-22)25(29)23-24(19-8-5-4-6-9-19)28(27(31)26(23)30)17-18-12-14-21(32-2)15-13-18/h4-16,24,29H,3,17H2,1-2H3/b25-23-. The van der Waals surface area contributed by atoms with Crippen LogP contribution in [0.2, 0.25) is 0 Å². The van der Waals surface area contributed by atoms with Crippen molar-refractivity contribution in [3.8, 4) is 11.5 Å². The summed E-state index contributed by atoms with van der Waals surface area (Å²) in [7, 11) is 1.59. The molecule has 0 spiro atoms. The number of carbonyl (C=O) groups is 2. The fourth-order valence-corrected chi connectivity index (χ4v) is 4.01. The van der Waals surface area contributed by atoms with Crippen molar-refractivity contribution in [2.24, 2.45) is 0 Å². The van der Waals surface area contributed by atoms with Crippen molar-refractivity contribution in [3.63, 3.8) is 0 Å². The molecular formula is C27H25NO5. The second-order valence-corrected chi connectivity index (χ2v) is 7.65. The van der Waals surface area contributed by atoms with E-state index in [4.69, 9.17) is 9.47 Å².